The quantitative estimate of drug-likeness (QED) is 0.604. The van der Waals surface area contributed by atoms with Crippen molar-refractivity contribution in [1.82, 2.24) is 24.5 Å². The summed E-state index contributed by atoms with van der Waals surface area (Å²) in [5, 5.41) is 3.10. The van der Waals surface area contributed by atoms with Gasteiger partial charge in [-0.25, -0.2) is 19.9 Å². The van der Waals surface area contributed by atoms with Crippen molar-refractivity contribution in [2.45, 2.75) is 0 Å². The van der Waals surface area contributed by atoms with Crippen molar-refractivity contribution in [3.63, 3.8) is 0 Å². The molecule has 112 valence electrons. The highest BCUT2D eigenvalue weighted by Gasteiger charge is 2.13. The molecule has 0 aliphatic carbocycles. The van der Waals surface area contributed by atoms with Gasteiger partial charge in [0.2, 0.25) is 0 Å². The van der Waals surface area contributed by atoms with Gasteiger partial charge in [0.1, 0.15) is 24.2 Å². The number of fused-ring (bicyclic) bond motifs is 1. The van der Waals surface area contributed by atoms with Crippen LogP contribution in [0.4, 0.5) is 17.3 Å². The Kier molecular flexibility index (Phi) is 3.09. The molecule has 0 saturated carbocycles. The van der Waals surface area contributed by atoms with E-state index in [4.69, 9.17) is 5.73 Å². The monoisotopic (exact) mass is 303 g/mol. The fraction of sp³-hybridized carbons (Fsp3) is 0. The van der Waals surface area contributed by atoms with Gasteiger partial charge in [-0.05, 0) is 24.3 Å². The molecule has 0 fully saturated rings. The van der Waals surface area contributed by atoms with Gasteiger partial charge < -0.3 is 11.1 Å². The van der Waals surface area contributed by atoms with Gasteiger partial charge in [0.05, 0.1) is 11.0 Å². The van der Waals surface area contributed by atoms with Crippen LogP contribution in [0.5, 0.6) is 0 Å². The number of nitrogens with one attached hydrogen (secondary N) is 1. The molecule has 3 aromatic heterocycles. The van der Waals surface area contributed by atoms with Crippen LogP contribution in [0.15, 0.2) is 61.3 Å². The third-order valence-electron chi connectivity index (χ3n) is 3.46. The highest BCUT2D eigenvalue weighted by molar-refractivity contribution is 5.80. The Morgan fingerprint density at radius 1 is 0.913 bits per heavy atom. The highest BCUT2D eigenvalue weighted by atomic mass is 15.2. The number of nitrogen functional groups attached to an aromatic ring is 1. The molecule has 0 amide bonds. The largest absolute Gasteiger partial charge is 0.393 e. The zero-order valence-electron chi connectivity index (χ0n) is 12.1. The van der Waals surface area contributed by atoms with Gasteiger partial charge in [-0.2, -0.15) is 0 Å². The van der Waals surface area contributed by atoms with E-state index in [-0.39, 0.29) is 0 Å². The number of nitrogens with zero attached hydrogens (tertiary/aromatic N) is 5. The van der Waals surface area contributed by atoms with Gasteiger partial charge in [-0.1, -0.05) is 18.2 Å². The minimum absolute atomic E-state index is 0.432. The van der Waals surface area contributed by atoms with E-state index in [0.717, 1.165) is 11.0 Å². The second kappa shape index (κ2) is 5.38. The Morgan fingerprint density at radius 3 is 2.65 bits per heavy atom. The average Bonchev–Trinajstić information content (AvgIpc) is 3.02. The maximum absolute atomic E-state index is 6.25. The first kappa shape index (κ1) is 13.2. The lowest BCUT2D eigenvalue weighted by atomic mass is 10.3. The molecule has 0 atom stereocenters. The number of imidazole rings is 1. The van der Waals surface area contributed by atoms with Crippen molar-refractivity contribution < 1.29 is 0 Å². The molecule has 3 heterocycles. The Labute approximate surface area is 131 Å². The van der Waals surface area contributed by atoms with Crippen molar-refractivity contribution in [2.24, 2.45) is 0 Å². The van der Waals surface area contributed by atoms with Crippen molar-refractivity contribution >= 4 is 28.4 Å². The van der Waals surface area contributed by atoms with Crippen LogP contribution in [0.1, 0.15) is 0 Å². The molecule has 0 radical (unpaired) electrons. The highest BCUT2D eigenvalue weighted by Crippen LogP contribution is 2.26. The van der Waals surface area contributed by atoms with E-state index in [2.05, 4.69) is 25.3 Å². The van der Waals surface area contributed by atoms with Crippen LogP contribution < -0.4 is 11.1 Å². The van der Waals surface area contributed by atoms with Crippen LogP contribution in [-0.2, 0) is 0 Å². The Balaban J connectivity index is 1.80. The Morgan fingerprint density at radius 2 is 1.78 bits per heavy atom. The molecule has 0 aliphatic heterocycles. The molecule has 7 heteroatoms. The van der Waals surface area contributed by atoms with Gasteiger partial charge >= 0.3 is 0 Å². The number of anilines is 3. The second-order valence-electron chi connectivity index (χ2n) is 4.90. The molecule has 1 aromatic carbocycles. The number of hydrogen-bond acceptors (Lipinski definition) is 6. The molecule has 4 rings (SSSR count). The summed E-state index contributed by atoms with van der Waals surface area (Å²) in [5.74, 6) is 1.75. The first-order chi connectivity index (χ1) is 11.3. The SMILES string of the molecule is Nc1c(Nc2ccccn2)ncnc1-n1cnc2ccccc21. The topological polar surface area (TPSA) is 94.5 Å². The average molecular weight is 303 g/mol. The summed E-state index contributed by atoms with van der Waals surface area (Å²) in [5.41, 5.74) is 8.49. The lowest BCUT2D eigenvalue weighted by Gasteiger charge is -2.11. The first-order valence-corrected chi connectivity index (χ1v) is 7.04. The molecule has 0 saturated heterocycles. The molecule has 0 aliphatic rings. The van der Waals surface area contributed by atoms with Gasteiger partial charge in [0.15, 0.2) is 11.6 Å². The van der Waals surface area contributed by atoms with Crippen LogP contribution in [0, 0.1) is 0 Å². The molecule has 0 bridgehead atoms. The number of rotatable bonds is 3. The predicted octanol–water partition coefficient (Wildman–Crippen LogP) is 2.54. The molecule has 0 unspecified atom stereocenters. The molecular formula is C16H13N7. The molecule has 0 spiro atoms. The lowest BCUT2D eigenvalue weighted by Crippen LogP contribution is -2.07. The summed E-state index contributed by atoms with van der Waals surface area (Å²) >= 11 is 0. The number of para-hydroxylation sites is 2. The summed E-state index contributed by atoms with van der Waals surface area (Å²) in [6.45, 7) is 0. The lowest BCUT2D eigenvalue weighted by molar-refractivity contribution is 1.00. The normalized spacial score (nSPS) is 10.8. The van der Waals surface area contributed by atoms with Crippen molar-refractivity contribution in [2.75, 3.05) is 11.1 Å². The van der Waals surface area contributed by atoms with E-state index >= 15 is 0 Å². The fourth-order valence-electron chi connectivity index (χ4n) is 2.36. The van der Waals surface area contributed by atoms with E-state index in [1.165, 1.54) is 6.33 Å². The van der Waals surface area contributed by atoms with Crippen LogP contribution in [0.25, 0.3) is 16.9 Å². The van der Waals surface area contributed by atoms with Gasteiger partial charge in [0.25, 0.3) is 0 Å². The smallest absolute Gasteiger partial charge is 0.167 e. The van der Waals surface area contributed by atoms with Gasteiger partial charge in [0, 0.05) is 6.20 Å². The van der Waals surface area contributed by atoms with Crippen molar-refractivity contribution in [1.29, 1.82) is 0 Å². The minimum Gasteiger partial charge on any atom is -0.393 e. The summed E-state index contributed by atoms with van der Waals surface area (Å²) in [6.07, 6.45) is 4.86. The zero-order chi connectivity index (χ0) is 15.6. The van der Waals surface area contributed by atoms with Crippen molar-refractivity contribution in [3.05, 3.63) is 61.3 Å². The van der Waals surface area contributed by atoms with Gasteiger partial charge in [-0.3, -0.25) is 4.57 Å². The fourth-order valence-corrected chi connectivity index (χ4v) is 2.36. The second-order valence-corrected chi connectivity index (χ2v) is 4.90. The maximum atomic E-state index is 6.25. The molecule has 3 N–H and O–H groups in total. The Bertz CT molecular complexity index is 963. The Hall–Kier alpha value is -3.48. The van der Waals surface area contributed by atoms with Gasteiger partial charge in [-0.15, -0.1) is 0 Å². The van der Waals surface area contributed by atoms with Crippen LogP contribution in [0.3, 0.4) is 0 Å². The number of nitrogens with two attached hydrogens (primary N) is 1. The van der Waals surface area contributed by atoms with Crippen LogP contribution in [-0.4, -0.2) is 24.5 Å². The van der Waals surface area contributed by atoms with Crippen LogP contribution in [0.2, 0.25) is 0 Å². The molecule has 23 heavy (non-hydrogen) atoms. The first-order valence-electron chi connectivity index (χ1n) is 7.04. The summed E-state index contributed by atoms with van der Waals surface area (Å²) < 4.78 is 1.84. The number of benzene rings is 1. The van der Waals surface area contributed by atoms with E-state index in [1.54, 1.807) is 12.5 Å². The summed E-state index contributed by atoms with van der Waals surface area (Å²) in [4.78, 5) is 17.1. The zero-order valence-corrected chi connectivity index (χ0v) is 12.1. The third kappa shape index (κ3) is 2.34. The number of pyridine rings is 1. The van der Waals surface area contributed by atoms with E-state index in [9.17, 15) is 0 Å². The van der Waals surface area contributed by atoms with Crippen LogP contribution >= 0.6 is 0 Å². The standard InChI is InChI=1S/C16H13N7/c17-14-15(22-13-7-3-4-8-18-13)19-9-20-16(14)23-10-21-11-5-1-2-6-12(11)23/h1-10H,17H2,(H,18,19,20,22). The van der Waals surface area contributed by atoms with E-state index in [1.807, 2.05) is 47.0 Å². The van der Waals surface area contributed by atoms with Crippen molar-refractivity contribution in [3.8, 4) is 5.82 Å². The van der Waals surface area contributed by atoms with E-state index in [0.29, 0.717) is 23.1 Å². The number of hydrogen-bond donors (Lipinski definition) is 2. The number of aromatic nitrogens is 5. The predicted molar refractivity (Wildman–Crippen MR) is 88.6 cm³/mol. The summed E-state index contributed by atoms with van der Waals surface area (Å²) in [7, 11) is 0. The molecular weight excluding hydrogens is 290 g/mol. The molecule has 7 nitrogen and oxygen atoms in total. The van der Waals surface area contributed by atoms with E-state index < -0.39 is 0 Å². The third-order valence-corrected chi connectivity index (χ3v) is 3.46. The maximum Gasteiger partial charge on any atom is 0.167 e. The minimum atomic E-state index is 0.432. The summed E-state index contributed by atoms with van der Waals surface area (Å²) in [6, 6.07) is 13.4. The molecule has 4 aromatic rings.